The maximum absolute atomic E-state index is 15.2. The number of aliphatic hydroxyl groups is 2. The summed E-state index contributed by atoms with van der Waals surface area (Å²) in [5, 5.41) is 52.0. The number of unbranched alkanes of at least 4 members (excludes halogenated alkanes) is 2. The number of piperidine rings is 1. The topological polar surface area (TPSA) is 425 Å². The zero-order valence-electron chi connectivity index (χ0n) is 61.7. The van der Waals surface area contributed by atoms with Crippen molar-refractivity contribution in [1.82, 2.24) is 31.2 Å². The molecule has 4 bridgehead atoms. The van der Waals surface area contributed by atoms with E-state index >= 15 is 4.79 Å². The number of aromatic nitrogens is 1. The quantitative estimate of drug-likeness (QED) is 0.00509. The van der Waals surface area contributed by atoms with Gasteiger partial charge in [0.05, 0.1) is 29.1 Å². The number of halogens is 1. The third kappa shape index (κ3) is 17.5. The number of allylic oxidation sites excluding steroid dienone is 2. The van der Waals surface area contributed by atoms with E-state index < -0.39 is 123 Å². The highest BCUT2D eigenvalue weighted by atomic mass is 127. The van der Waals surface area contributed by atoms with Crippen LogP contribution in [0.15, 0.2) is 98.7 Å². The summed E-state index contributed by atoms with van der Waals surface area (Å²) in [6.07, 6.45) is 11.1. The number of alkyl halides is 1. The number of phenols is 1. The second-order valence-corrected chi connectivity index (χ2v) is 30.0. The second kappa shape index (κ2) is 34.4. The van der Waals surface area contributed by atoms with Crippen LogP contribution in [0.4, 0.5) is 26.7 Å². The summed E-state index contributed by atoms with van der Waals surface area (Å²) in [6, 6.07) is 7.17. The molecule has 11 N–H and O–H groups in total. The number of carbonyl (C=O) groups excluding carboxylic acids is 9. The van der Waals surface area contributed by atoms with Gasteiger partial charge in [0.2, 0.25) is 28.6 Å². The highest BCUT2D eigenvalue weighted by Gasteiger charge is 2.52. The van der Waals surface area contributed by atoms with Crippen LogP contribution in [0.3, 0.4) is 0 Å². The minimum Gasteiger partial charge on any atom is -0.507 e. The Labute approximate surface area is 635 Å². The van der Waals surface area contributed by atoms with Crippen LogP contribution in [0.1, 0.15) is 124 Å². The number of methoxy groups -OCH3 is 1. The van der Waals surface area contributed by atoms with Crippen molar-refractivity contribution in [3.8, 4) is 11.5 Å². The first-order valence-corrected chi connectivity index (χ1v) is 37.4. The first-order valence-electron chi connectivity index (χ1n) is 36.2. The number of nitrogens with one attached hydrogen (secondary N) is 6. The molecule has 10 atom stereocenters. The molecule has 0 radical (unpaired) electrons. The molecular weight excluding hydrogens is 1510 g/mol. The van der Waals surface area contributed by atoms with E-state index in [1.807, 2.05) is 32.6 Å². The van der Waals surface area contributed by atoms with Gasteiger partial charge in [-0.3, -0.25) is 48.1 Å². The Morgan fingerprint density at radius 2 is 1.56 bits per heavy atom. The van der Waals surface area contributed by atoms with Crippen molar-refractivity contribution < 1.29 is 86.6 Å². The lowest BCUT2D eigenvalue weighted by Gasteiger charge is -2.39. The molecule has 1 saturated heterocycles. The number of imide groups is 1. The lowest BCUT2D eigenvalue weighted by Crippen LogP contribution is -2.58. The van der Waals surface area contributed by atoms with Crippen molar-refractivity contribution in [3.05, 3.63) is 121 Å². The fraction of sp³-hybridized carbons (Fsp3) is 0.481. The zero-order chi connectivity index (χ0) is 78.2. The molecule has 1 aliphatic carbocycles. The third-order valence-corrected chi connectivity index (χ3v) is 23.3. The van der Waals surface area contributed by atoms with E-state index in [0.29, 0.717) is 68.6 Å². The summed E-state index contributed by atoms with van der Waals surface area (Å²) in [7, 11) is 1.48. The van der Waals surface area contributed by atoms with Gasteiger partial charge < -0.3 is 86.0 Å². The van der Waals surface area contributed by atoms with E-state index in [0.717, 1.165) is 4.90 Å². The van der Waals surface area contributed by atoms with E-state index in [2.05, 4.69) is 54.5 Å². The number of aromatic hydroxyl groups is 1. The first-order chi connectivity index (χ1) is 51.4. The van der Waals surface area contributed by atoms with Crippen LogP contribution < -0.4 is 63.3 Å². The Morgan fingerprint density at radius 1 is 0.861 bits per heavy atom. The Balaban J connectivity index is 0.824. The van der Waals surface area contributed by atoms with E-state index in [1.54, 1.807) is 48.6 Å². The van der Waals surface area contributed by atoms with E-state index in [9.17, 15) is 63.3 Å². The standard InChI is InChI=1S/C77H93IN10O20/c1-39-16-13-17-40(2)70(97)86-62-65(95)57-56(58-67(44(6)64(57)94)108-76(8,69(58)96)105-35-27-52(103-9)41(3)66(106-45(7)89)43(5)59(78)42(4)63(39)93)61-68(62)107-53-37-49(36-51(90)60(53)85-61)87-33-25-48(26-34-87)83-75(102)104-38-46-19-21-47(22-20-46)82-71(98)50(18-14-31-81-74(79)101)84-73(100)77(28-15-29-77)72(99)80-30-11-10-12-32-88-54(91)23-24-55(88)92/h13,16-17,19-24,27,35-37,39,41-43,48,50,52,59,63,66,93-94,96H,10-12,14-15,18,25-26,28-34,38H2,1-9H3,(H,80,99)(H,82,98)(H,83,102)(H,84,100)(H,86,97)(H3,79,81,101)/b16-13+,35-27+,40-17-/t39-,41+,42-,43+,50-,52-,59+,63-,66+,76-/m0/s1. The van der Waals surface area contributed by atoms with Crippen molar-refractivity contribution in [2.75, 3.05) is 55.4 Å². The number of urea groups is 1. The minimum atomic E-state index is -2.03. The molecule has 9 amide bonds. The van der Waals surface area contributed by atoms with Gasteiger partial charge in [-0.25, -0.2) is 14.6 Å². The molecule has 578 valence electrons. The third-order valence-electron chi connectivity index (χ3n) is 21.0. The number of aliphatic hydroxyl groups excluding tert-OH is 2. The van der Waals surface area contributed by atoms with Crippen molar-refractivity contribution >= 4 is 132 Å². The number of carbonyl (C=O) groups is 9. The molecule has 1 saturated carbocycles. The van der Waals surface area contributed by atoms with Gasteiger partial charge in [-0.15, -0.1) is 0 Å². The number of phenolic OH excluding ortho intramolecular Hbond substituents is 1. The highest BCUT2D eigenvalue weighted by molar-refractivity contribution is 14.1. The molecule has 2 fully saturated rings. The molecule has 30 nitrogen and oxygen atoms in total. The Hall–Kier alpha value is -10.2. The molecule has 5 heterocycles. The molecular formula is C77H93IN10O20. The summed E-state index contributed by atoms with van der Waals surface area (Å²) >= 11 is 2.27. The second-order valence-electron chi connectivity index (χ2n) is 28.5. The predicted molar refractivity (Wildman–Crippen MR) is 408 cm³/mol. The number of nitrogens with zero attached hydrogens (tertiary/aromatic N) is 3. The lowest BCUT2D eigenvalue weighted by molar-refractivity contribution is -0.155. The highest BCUT2D eigenvalue weighted by Crippen LogP contribution is 2.44. The van der Waals surface area contributed by atoms with Crippen LogP contribution in [0.25, 0.3) is 38.7 Å². The van der Waals surface area contributed by atoms with Gasteiger partial charge in [0.15, 0.2) is 22.4 Å². The number of benzene rings is 4. The number of rotatable bonds is 21. The number of anilines is 3. The average molecular weight is 1610 g/mol. The molecule has 10 rings (SSSR count). The van der Waals surface area contributed by atoms with Crippen molar-refractivity contribution in [3.63, 3.8) is 0 Å². The first kappa shape index (κ1) is 80.4. The van der Waals surface area contributed by atoms with Crippen molar-refractivity contribution in [1.29, 1.82) is 0 Å². The average Bonchev–Trinajstić information content (AvgIpc) is 0.923. The fourth-order valence-electron chi connectivity index (χ4n) is 14.4. The maximum Gasteiger partial charge on any atom is 0.407 e. The molecule has 1 aromatic heterocycles. The van der Waals surface area contributed by atoms with Gasteiger partial charge in [0.25, 0.3) is 17.7 Å². The number of fused-ring (bicyclic) bond motifs is 2. The van der Waals surface area contributed by atoms with Gasteiger partial charge in [0.1, 0.15) is 46.9 Å². The van der Waals surface area contributed by atoms with Crippen LogP contribution in [-0.4, -0.2) is 159 Å². The number of ether oxygens (including phenoxy) is 5. The smallest absolute Gasteiger partial charge is 0.407 e. The summed E-state index contributed by atoms with van der Waals surface area (Å²) in [4.78, 5) is 154. The number of primary amides is 1. The molecule has 4 aliphatic heterocycles. The summed E-state index contributed by atoms with van der Waals surface area (Å²) in [5.41, 5.74) is 2.51. The van der Waals surface area contributed by atoms with Crippen LogP contribution >= 0.6 is 22.6 Å². The van der Waals surface area contributed by atoms with Gasteiger partial charge in [-0.1, -0.05) is 87.1 Å². The Kier molecular flexibility index (Phi) is 25.6. The van der Waals surface area contributed by atoms with Gasteiger partial charge in [-0.2, -0.15) is 0 Å². The van der Waals surface area contributed by atoms with Gasteiger partial charge >= 0.3 is 23.9 Å². The summed E-state index contributed by atoms with van der Waals surface area (Å²) in [6.45, 7) is 14.4. The number of esters is 1. The molecule has 0 unspecified atom stereocenters. The molecule has 0 spiro atoms. The monoisotopic (exact) mass is 1600 g/mol. The van der Waals surface area contributed by atoms with Crippen LogP contribution in [0.5, 0.6) is 11.5 Å². The van der Waals surface area contributed by atoms with Crippen LogP contribution in [0.2, 0.25) is 0 Å². The van der Waals surface area contributed by atoms with Crippen molar-refractivity contribution in [2.45, 2.75) is 166 Å². The number of alkyl carbamates (subject to hydrolysis) is 1. The Bertz CT molecular complexity index is 4650. The van der Waals surface area contributed by atoms with E-state index in [-0.39, 0.29) is 135 Å². The number of amides is 9. The molecule has 5 aromatic rings. The van der Waals surface area contributed by atoms with Crippen LogP contribution in [0, 0.1) is 36.0 Å². The molecule has 5 aliphatic rings. The van der Waals surface area contributed by atoms with Gasteiger partial charge in [0, 0.05) is 134 Å². The zero-order valence-corrected chi connectivity index (χ0v) is 63.8. The lowest BCUT2D eigenvalue weighted by atomic mass is 9.67. The van der Waals surface area contributed by atoms with Crippen molar-refractivity contribution in [2.24, 2.45) is 34.8 Å². The fourth-order valence-corrected chi connectivity index (χ4v) is 15.2. The largest absolute Gasteiger partial charge is 0.507 e. The summed E-state index contributed by atoms with van der Waals surface area (Å²) < 4.78 is 36.4. The minimum absolute atomic E-state index is 0.0138. The predicted octanol–water partition coefficient (Wildman–Crippen LogP) is 7.15. The number of hydrogen-bond acceptors (Lipinski definition) is 22. The van der Waals surface area contributed by atoms with Gasteiger partial charge in [-0.05, 0) is 101 Å². The molecule has 108 heavy (non-hydrogen) atoms. The normalized spacial score (nSPS) is 24.6. The van der Waals surface area contributed by atoms with Crippen LogP contribution in [-0.2, 0) is 59.1 Å². The number of nitrogens with two attached hydrogens (primary N) is 1. The Morgan fingerprint density at radius 3 is 2.21 bits per heavy atom. The van der Waals surface area contributed by atoms with E-state index in [1.165, 1.54) is 65.4 Å². The number of hydrogen-bond donors (Lipinski definition) is 10. The summed E-state index contributed by atoms with van der Waals surface area (Å²) in [5.74, 6) is -8.54. The van der Waals surface area contributed by atoms with E-state index in [4.69, 9.17) is 38.8 Å². The molecule has 31 heteroatoms. The maximum atomic E-state index is 15.2. The SMILES string of the molecule is CO[C@H]1/C=C/O[C@@]2(C)Oc3c(C)c(O)c4c(=O)c(c5oc6cc(N7CCC(NC(=O)OCc8ccc(NC(=O)[C@H](CCCNC(N)=O)NC(=O)C9(C(=O)NCCCCCN%10C(=O)C=CC%10=O)CCC9)cc8)CC7)cc(=O)c6nc5c4c3=C2O)NC(=O)/C(C)=C\C=C\[C@H](C)[C@H](O)[C@@H](C)[C@@H](I)[C@@H](C)[C@H](OC(C)=O)[C@@H]1C. The molecule has 4 aromatic carbocycles.